The number of nitrogens with one attached hydrogen (secondary N) is 1. The molecule has 0 heterocycles. The van der Waals surface area contributed by atoms with Gasteiger partial charge >= 0.3 is 0 Å². The second-order valence-electron chi connectivity index (χ2n) is 4.47. The summed E-state index contributed by atoms with van der Waals surface area (Å²) >= 11 is 5.86. The fourth-order valence-corrected chi connectivity index (χ4v) is 2.22. The summed E-state index contributed by atoms with van der Waals surface area (Å²) in [6.45, 7) is 0.212. The molecule has 0 radical (unpaired) electrons. The number of hydrogen-bond donors (Lipinski definition) is 1. The molecule has 0 atom stereocenters. The van der Waals surface area contributed by atoms with Crippen molar-refractivity contribution in [2.45, 2.75) is 6.54 Å². The summed E-state index contributed by atoms with van der Waals surface area (Å²) < 4.78 is 24.0. The topological polar surface area (TPSA) is 47.6 Å². The molecule has 0 unspecified atom stereocenters. The molecule has 2 aromatic carbocycles. The third-order valence-electron chi connectivity index (χ3n) is 3.09. The van der Waals surface area contributed by atoms with Crippen molar-refractivity contribution >= 4 is 17.5 Å². The molecule has 2 rings (SSSR count). The Kier molecular flexibility index (Phi) is 5.22. The maximum Gasteiger partial charge on any atom is 0.256 e. The number of rotatable bonds is 5. The van der Waals surface area contributed by atoms with E-state index in [9.17, 15) is 9.18 Å². The van der Waals surface area contributed by atoms with Gasteiger partial charge in [0.2, 0.25) is 0 Å². The molecule has 0 aliphatic rings. The number of ether oxygens (including phenoxy) is 2. The minimum Gasteiger partial charge on any atom is -0.493 e. The Hall–Kier alpha value is -2.27. The first-order chi connectivity index (χ1) is 10.6. The van der Waals surface area contributed by atoms with Gasteiger partial charge in [0.15, 0.2) is 11.5 Å². The van der Waals surface area contributed by atoms with Crippen molar-refractivity contribution in [3.8, 4) is 11.5 Å². The highest BCUT2D eigenvalue weighted by atomic mass is 35.5. The number of amides is 1. The third kappa shape index (κ3) is 3.49. The average molecular weight is 324 g/mol. The van der Waals surface area contributed by atoms with Crippen LogP contribution in [0.4, 0.5) is 4.39 Å². The first-order valence-corrected chi connectivity index (χ1v) is 6.87. The summed E-state index contributed by atoms with van der Waals surface area (Å²) in [5, 5.41) is 2.70. The number of hydrogen-bond acceptors (Lipinski definition) is 3. The lowest BCUT2D eigenvalue weighted by Crippen LogP contribution is -2.24. The van der Waals surface area contributed by atoms with Gasteiger partial charge in [0.1, 0.15) is 5.82 Å². The molecule has 6 heteroatoms. The molecule has 116 valence electrons. The minimum absolute atomic E-state index is 0.0739. The molecule has 0 saturated heterocycles. The molecule has 0 aliphatic heterocycles. The number of halogens is 2. The van der Waals surface area contributed by atoms with Gasteiger partial charge < -0.3 is 14.8 Å². The van der Waals surface area contributed by atoms with Crippen molar-refractivity contribution in [1.82, 2.24) is 5.32 Å². The first-order valence-electron chi connectivity index (χ1n) is 6.50. The van der Waals surface area contributed by atoms with Gasteiger partial charge in [-0.25, -0.2) is 4.39 Å². The van der Waals surface area contributed by atoms with Crippen molar-refractivity contribution in [2.24, 2.45) is 0 Å². The van der Waals surface area contributed by atoms with Crippen LogP contribution in [0.1, 0.15) is 15.9 Å². The van der Waals surface area contributed by atoms with Crippen LogP contribution in [0.25, 0.3) is 0 Å². The number of carbonyl (C=O) groups excluding carboxylic acids is 1. The second kappa shape index (κ2) is 7.13. The van der Waals surface area contributed by atoms with Crippen molar-refractivity contribution in [2.75, 3.05) is 14.2 Å². The fraction of sp³-hybridized carbons (Fsp3) is 0.188. The molecular formula is C16H15ClFNO3. The Morgan fingerprint density at radius 3 is 2.55 bits per heavy atom. The smallest absolute Gasteiger partial charge is 0.256 e. The maximum atomic E-state index is 13.7. The van der Waals surface area contributed by atoms with E-state index in [0.717, 1.165) is 5.56 Å². The van der Waals surface area contributed by atoms with Gasteiger partial charge in [-0.1, -0.05) is 23.7 Å². The fourth-order valence-electron chi connectivity index (χ4n) is 1.98. The largest absolute Gasteiger partial charge is 0.493 e. The molecule has 22 heavy (non-hydrogen) atoms. The van der Waals surface area contributed by atoms with Crippen LogP contribution in [0.15, 0.2) is 36.4 Å². The van der Waals surface area contributed by atoms with E-state index >= 15 is 0 Å². The summed E-state index contributed by atoms with van der Waals surface area (Å²) in [6.07, 6.45) is 0. The molecule has 1 N–H and O–H groups in total. The lowest BCUT2D eigenvalue weighted by Gasteiger charge is -2.11. The van der Waals surface area contributed by atoms with Crippen molar-refractivity contribution < 1.29 is 18.7 Å². The Morgan fingerprint density at radius 2 is 1.91 bits per heavy atom. The summed E-state index contributed by atoms with van der Waals surface area (Å²) in [4.78, 5) is 12.0. The standard InChI is InChI=1S/C16H15ClFNO3/c1-21-13-7-6-10(8-14(13)22-2)9-19-16(20)15-11(17)4-3-5-12(15)18/h3-8H,9H2,1-2H3,(H,19,20). The highest BCUT2D eigenvalue weighted by molar-refractivity contribution is 6.33. The summed E-state index contributed by atoms with van der Waals surface area (Å²) in [5.74, 6) is -0.0805. The zero-order valence-corrected chi connectivity index (χ0v) is 12.9. The number of methoxy groups -OCH3 is 2. The van der Waals surface area contributed by atoms with Gasteiger partial charge in [-0.05, 0) is 29.8 Å². The summed E-state index contributed by atoms with van der Waals surface area (Å²) in [6, 6.07) is 9.36. The Morgan fingerprint density at radius 1 is 1.18 bits per heavy atom. The summed E-state index contributed by atoms with van der Waals surface area (Å²) in [7, 11) is 3.07. The van der Waals surface area contributed by atoms with Crippen LogP contribution in [-0.2, 0) is 6.54 Å². The predicted octanol–water partition coefficient (Wildman–Crippen LogP) is 3.43. The highest BCUT2D eigenvalue weighted by Crippen LogP contribution is 2.27. The zero-order valence-electron chi connectivity index (χ0n) is 12.2. The Bertz CT molecular complexity index is 671. The van der Waals surface area contributed by atoms with Gasteiger partial charge in [0, 0.05) is 6.54 Å². The van der Waals surface area contributed by atoms with Gasteiger partial charge in [-0.15, -0.1) is 0 Å². The van der Waals surface area contributed by atoms with E-state index in [4.69, 9.17) is 21.1 Å². The highest BCUT2D eigenvalue weighted by Gasteiger charge is 2.15. The third-order valence-corrected chi connectivity index (χ3v) is 3.41. The van der Waals surface area contributed by atoms with Crippen LogP contribution in [0.5, 0.6) is 11.5 Å². The van der Waals surface area contributed by atoms with Gasteiger partial charge in [0.25, 0.3) is 5.91 Å². The second-order valence-corrected chi connectivity index (χ2v) is 4.88. The normalized spacial score (nSPS) is 10.2. The van der Waals surface area contributed by atoms with Crippen molar-refractivity contribution in [3.05, 3.63) is 58.4 Å². The number of carbonyl (C=O) groups is 1. The summed E-state index contributed by atoms with van der Waals surface area (Å²) in [5.41, 5.74) is 0.628. The quantitative estimate of drug-likeness (QED) is 0.917. The SMILES string of the molecule is COc1ccc(CNC(=O)c2c(F)cccc2Cl)cc1OC. The molecule has 0 aliphatic carbocycles. The molecular weight excluding hydrogens is 309 g/mol. The van der Waals surface area contributed by atoms with Crippen LogP contribution in [0.3, 0.4) is 0 Å². The number of benzene rings is 2. The zero-order chi connectivity index (χ0) is 16.1. The van der Waals surface area contributed by atoms with E-state index in [0.29, 0.717) is 11.5 Å². The molecule has 4 nitrogen and oxygen atoms in total. The van der Waals surface area contributed by atoms with E-state index in [1.54, 1.807) is 25.3 Å². The Labute approximate surface area is 132 Å². The molecule has 0 saturated carbocycles. The van der Waals surface area contributed by atoms with Crippen LogP contribution in [-0.4, -0.2) is 20.1 Å². The molecule has 0 spiro atoms. The monoisotopic (exact) mass is 323 g/mol. The van der Waals surface area contributed by atoms with Gasteiger partial charge in [0.05, 0.1) is 24.8 Å². The van der Waals surface area contributed by atoms with Crippen molar-refractivity contribution in [1.29, 1.82) is 0 Å². The van der Waals surface area contributed by atoms with Crippen LogP contribution >= 0.6 is 11.6 Å². The first kappa shape index (κ1) is 16.1. The van der Waals surface area contributed by atoms with E-state index in [-0.39, 0.29) is 17.1 Å². The molecule has 2 aromatic rings. The van der Waals surface area contributed by atoms with Crippen LogP contribution in [0, 0.1) is 5.82 Å². The van der Waals surface area contributed by atoms with Crippen LogP contribution in [0.2, 0.25) is 5.02 Å². The predicted molar refractivity (Wildman–Crippen MR) is 82.1 cm³/mol. The van der Waals surface area contributed by atoms with E-state index < -0.39 is 11.7 Å². The Balaban J connectivity index is 2.11. The molecule has 0 bridgehead atoms. The molecule has 1 amide bonds. The van der Waals surface area contributed by atoms with Gasteiger partial charge in [-0.3, -0.25) is 4.79 Å². The minimum atomic E-state index is -0.655. The lowest BCUT2D eigenvalue weighted by molar-refractivity contribution is 0.0947. The molecule has 0 fully saturated rings. The van der Waals surface area contributed by atoms with E-state index in [2.05, 4.69) is 5.32 Å². The van der Waals surface area contributed by atoms with Crippen molar-refractivity contribution in [3.63, 3.8) is 0 Å². The molecule has 0 aromatic heterocycles. The lowest BCUT2D eigenvalue weighted by atomic mass is 10.1. The van der Waals surface area contributed by atoms with E-state index in [1.165, 1.54) is 25.3 Å². The maximum absolute atomic E-state index is 13.7. The van der Waals surface area contributed by atoms with Gasteiger partial charge in [-0.2, -0.15) is 0 Å². The van der Waals surface area contributed by atoms with Crippen LogP contribution < -0.4 is 14.8 Å². The van der Waals surface area contributed by atoms with E-state index in [1.807, 2.05) is 0 Å². The average Bonchev–Trinajstić information content (AvgIpc) is 2.52.